The van der Waals surface area contributed by atoms with Crippen molar-refractivity contribution < 1.29 is 34.9 Å². The van der Waals surface area contributed by atoms with Gasteiger partial charge >= 0.3 is 15.6 Å². The zero-order chi connectivity index (χ0) is 21.1. The van der Waals surface area contributed by atoms with Crippen molar-refractivity contribution in [3.63, 3.8) is 0 Å². The van der Waals surface area contributed by atoms with Crippen LogP contribution in [0.2, 0.25) is 5.02 Å². The fourth-order valence-electron chi connectivity index (χ4n) is 2.30. The number of aromatic nitrogens is 2. The van der Waals surface area contributed by atoms with Crippen molar-refractivity contribution in [2.75, 3.05) is 6.61 Å². The second kappa shape index (κ2) is 8.39. The summed E-state index contributed by atoms with van der Waals surface area (Å²) in [4.78, 5) is 0. The standard InChI is InChI=1S/C16H16ClF3N2O5S/c1-4-25-9(2)5-14(15-22-21-10(3)26-15)11-6-12(17)8-13(7-11)27-28(23,24)16(18,19)20/h6-8,14H,2,4-5H2,1,3H3. The fourth-order valence-corrected chi connectivity index (χ4v) is 2.98. The lowest BCUT2D eigenvalue weighted by atomic mass is 9.94. The molecule has 0 saturated carbocycles. The van der Waals surface area contributed by atoms with Gasteiger partial charge in [0.05, 0.1) is 18.3 Å². The van der Waals surface area contributed by atoms with E-state index in [9.17, 15) is 21.6 Å². The molecule has 0 aliphatic rings. The van der Waals surface area contributed by atoms with E-state index in [-0.39, 0.29) is 28.8 Å². The average molecular weight is 441 g/mol. The van der Waals surface area contributed by atoms with Crippen molar-refractivity contribution in [3.8, 4) is 5.75 Å². The van der Waals surface area contributed by atoms with Crippen LogP contribution in [-0.2, 0) is 14.9 Å². The summed E-state index contributed by atoms with van der Waals surface area (Å²) in [5.41, 5.74) is -5.30. The maximum atomic E-state index is 12.6. The van der Waals surface area contributed by atoms with Crippen molar-refractivity contribution in [2.24, 2.45) is 0 Å². The molecule has 154 valence electrons. The molecule has 2 aromatic rings. The highest BCUT2D eigenvalue weighted by molar-refractivity contribution is 7.88. The zero-order valence-corrected chi connectivity index (χ0v) is 16.4. The molecule has 0 N–H and O–H groups in total. The summed E-state index contributed by atoms with van der Waals surface area (Å²) in [7, 11) is -5.85. The average Bonchev–Trinajstić information content (AvgIpc) is 2.97. The summed E-state index contributed by atoms with van der Waals surface area (Å²) in [6, 6.07) is 3.46. The van der Waals surface area contributed by atoms with E-state index in [0.717, 1.165) is 12.1 Å². The highest BCUT2D eigenvalue weighted by atomic mass is 35.5. The van der Waals surface area contributed by atoms with Crippen LogP contribution in [0.25, 0.3) is 0 Å². The van der Waals surface area contributed by atoms with Crippen LogP contribution < -0.4 is 4.18 Å². The van der Waals surface area contributed by atoms with Gasteiger partial charge in [0, 0.05) is 24.4 Å². The molecule has 0 spiro atoms. The van der Waals surface area contributed by atoms with Crippen molar-refractivity contribution in [1.82, 2.24) is 10.2 Å². The van der Waals surface area contributed by atoms with Gasteiger partial charge in [-0.2, -0.15) is 21.6 Å². The lowest BCUT2D eigenvalue weighted by Gasteiger charge is -2.17. The van der Waals surface area contributed by atoms with Gasteiger partial charge in [0.1, 0.15) is 5.75 Å². The van der Waals surface area contributed by atoms with Crippen LogP contribution in [0.5, 0.6) is 5.75 Å². The second-order valence-electron chi connectivity index (χ2n) is 5.59. The number of rotatable bonds is 8. The largest absolute Gasteiger partial charge is 0.534 e. The lowest BCUT2D eigenvalue weighted by molar-refractivity contribution is -0.0500. The molecule has 1 atom stereocenters. The molecular weight excluding hydrogens is 425 g/mol. The van der Waals surface area contributed by atoms with Gasteiger partial charge in [-0.1, -0.05) is 18.2 Å². The topological polar surface area (TPSA) is 91.5 Å². The maximum Gasteiger partial charge on any atom is 0.534 e. The Hall–Kier alpha value is -2.27. The van der Waals surface area contributed by atoms with Crippen LogP contribution >= 0.6 is 11.6 Å². The highest BCUT2D eigenvalue weighted by Crippen LogP contribution is 2.36. The SMILES string of the molecule is C=C(CC(c1cc(Cl)cc(OS(=O)(=O)C(F)(F)F)c1)c1nnc(C)o1)OCC. The Kier molecular flexibility index (Phi) is 6.60. The van der Waals surface area contributed by atoms with Crippen molar-refractivity contribution >= 4 is 21.7 Å². The number of halogens is 4. The molecule has 0 amide bonds. The number of hydrogen-bond acceptors (Lipinski definition) is 7. The molecular formula is C16H16ClF3N2O5S. The van der Waals surface area contributed by atoms with Crippen molar-refractivity contribution in [2.45, 2.75) is 31.7 Å². The molecule has 0 bridgehead atoms. The first-order valence-corrected chi connectivity index (χ1v) is 9.63. The van der Waals surface area contributed by atoms with Gasteiger partial charge in [0.2, 0.25) is 11.8 Å². The molecule has 1 aromatic heterocycles. The Morgan fingerprint density at radius 1 is 1.32 bits per heavy atom. The number of nitrogens with zero attached hydrogens (tertiary/aromatic N) is 2. The maximum absolute atomic E-state index is 12.6. The smallest absolute Gasteiger partial charge is 0.499 e. The van der Waals surface area contributed by atoms with Gasteiger partial charge in [-0.05, 0) is 24.6 Å². The van der Waals surface area contributed by atoms with Crippen molar-refractivity contribution in [1.29, 1.82) is 0 Å². The van der Waals surface area contributed by atoms with Crippen LogP contribution in [0, 0.1) is 6.92 Å². The Morgan fingerprint density at radius 2 is 2.00 bits per heavy atom. The Labute approximate surface area is 164 Å². The van der Waals surface area contributed by atoms with Crippen LogP contribution in [0.3, 0.4) is 0 Å². The van der Waals surface area contributed by atoms with Gasteiger partial charge in [0.15, 0.2) is 0 Å². The number of ether oxygens (including phenoxy) is 1. The number of benzene rings is 1. The minimum absolute atomic E-state index is 0.0480. The van der Waals surface area contributed by atoms with Gasteiger partial charge in [-0.25, -0.2) is 0 Å². The molecule has 0 fully saturated rings. The first-order valence-electron chi connectivity index (χ1n) is 7.84. The Morgan fingerprint density at radius 3 is 2.54 bits per heavy atom. The molecule has 0 radical (unpaired) electrons. The summed E-state index contributed by atoms with van der Waals surface area (Å²) >= 11 is 5.95. The minimum atomic E-state index is -5.85. The van der Waals surface area contributed by atoms with Crippen LogP contribution in [-0.4, -0.2) is 30.7 Å². The third-order valence-electron chi connectivity index (χ3n) is 3.41. The summed E-state index contributed by atoms with van der Waals surface area (Å²) < 4.78 is 75.3. The van der Waals surface area contributed by atoms with E-state index in [4.69, 9.17) is 20.8 Å². The molecule has 1 aromatic carbocycles. The first-order chi connectivity index (χ1) is 12.9. The summed E-state index contributed by atoms with van der Waals surface area (Å²) in [6.07, 6.45) is 0.140. The Balaban J connectivity index is 2.46. The first kappa shape index (κ1) is 22.0. The number of allylic oxidation sites excluding steroid dienone is 1. The van der Waals surface area contributed by atoms with E-state index in [1.807, 2.05) is 0 Å². The molecule has 7 nitrogen and oxygen atoms in total. The number of hydrogen-bond donors (Lipinski definition) is 0. The molecule has 2 rings (SSSR count). The van der Waals surface area contributed by atoms with E-state index in [2.05, 4.69) is 21.0 Å². The third kappa shape index (κ3) is 5.38. The predicted molar refractivity (Wildman–Crippen MR) is 93.3 cm³/mol. The summed E-state index contributed by atoms with van der Waals surface area (Å²) in [5.74, 6) is -0.558. The quantitative estimate of drug-likeness (QED) is 0.342. The minimum Gasteiger partial charge on any atom is -0.499 e. The number of aryl methyl sites for hydroxylation is 1. The van der Waals surface area contributed by atoms with Gasteiger partial charge in [-0.3, -0.25) is 0 Å². The van der Waals surface area contributed by atoms with Gasteiger partial charge < -0.3 is 13.3 Å². The fraction of sp³-hybridized carbons (Fsp3) is 0.375. The molecule has 12 heteroatoms. The van der Waals surface area contributed by atoms with E-state index in [1.165, 1.54) is 6.07 Å². The van der Waals surface area contributed by atoms with Crippen LogP contribution in [0.1, 0.15) is 36.6 Å². The summed E-state index contributed by atoms with van der Waals surface area (Å²) in [5, 5.41) is 7.59. The summed E-state index contributed by atoms with van der Waals surface area (Å²) in [6.45, 7) is 7.42. The lowest BCUT2D eigenvalue weighted by Crippen LogP contribution is -2.28. The molecule has 1 heterocycles. The monoisotopic (exact) mass is 440 g/mol. The van der Waals surface area contributed by atoms with Crippen molar-refractivity contribution in [3.05, 3.63) is 52.9 Å². The van der Waals surface area contributed by atoms with Gasteiger partial charge in [0.25, 0.3) is 0 Å². The molecule has 1 unspecified atom stereocenters. The molecule has 0 aliphatic heterocycles. The second-order valence-corrected chi connectivity index (χ2v) is 7.57. The van der Waals surface area contributed by atoms with Gasteiger partial charge in [-0.15, -0.1) is 10.2 Å². The number of alkyl halides is 3. The molecule has 0 saturated heterocycles. The van der Waals surface area contributed by atoms with Crippen LogP contribution in [0.4, 0.5) is 13.2 Å². The molecule has 28 heavy (non-hydrogen) atoms. The van der Waals surface area contributed by atoms with E-state index >= 15 is 0 Å². The zero-order valence-electron chi connectivity index (χ0n) is 14.8. The van der Waals surface area contributed by atoms with E-state index in [0.29, 0.717) is 12.4 Å². The third-order valence-corrected chi connectivity index (χ3v) is 4.60. The van der Waals surface area contributed by atoms with E-state index in [1.54, 1.807) is 13.8 Å². The normalized spacial score (nSPS) is 13.2. The predicted octanol–water partition coefficient (Wildman–Crippen LogP) is 4.33. The highest BCUT2D eigenvalue weighted by Gasteiger charge is 2.48. The molecule has 0 aliphatic carbocycles. The Bertz CT molecular complexity index is 959. The van der Waals surface area contributed by atoms with Crippen LogP contribution in [0.15, 0.2) is 35.0 Å². The van der Waals surface area contributed by atoms with E-state index < -0.39 is 27.3 Å².